The van der Waals surface area contributed by atoms with Crippen LogP contribution in [0.4, 0.5) is 5.69 Å². The van der Waals surface area contributed by atoms with Gasteiger partial charge in [-0.3, -0.25) is 4.98 Å². The number of carboxylic acids is 1. The molecule has 0 saturated heterocycles. The third-order valence-electron chi connectivity index (χ3n) is 3.34. The van der Waals surface area contributed by atoms with Gasteiger partial charge in [-0.2, -0.15) is 0 Å². The quantitative estimate of drug-likeness (QED) is 0.829. The number of aryl methyl sites for hydroxylation is 2. The highest BCUT2D eigenvalue weighted by Crippen LogP contribution is 2.30. The van der Waals surface area contributed by atoms with Crippen molar-refractivity contribution in [2.45, 2.75) is 39.7 Å². The van der Waals surface area contributed by atoms with Gasteiger partial charge in [-0.15, -0.1) is 11.3 Å². The first-order valence-corrected chi connectivity index (χ1v) is 7.92. The number of aromatic nitrogens is 1. The summed E-state index contributed by atoms with van der Waals surface area (Å²) in [6, 6.07) is 6.05. The lowest BCUT2D eigenvalue weighted by molar-refractivity contribution is 0.0696. The van der Waals surface area contributed by atoms with E-state index >= 15 is 0 Å². The molecule has 2 N–H and O–H groups in total. The van der Waals surface area contributed by atoms with Gasteiger partial charge in [-0.25, -0.2) is 4.79 Å². The predicted molar refractivity (Wildman–Crippen MR) is 86.3 cm³/mol. The summed E-state index contributed by atoms with van der Waals surface area (Å²) < 4.78 is 0. The molecule has 0 saturated carbocycles. The van der Waals surface area contributed by atoms with E-state index in [-0.39, 0.29) is 11.6 Å². The molecule has 21 heavy (non-hydrogen) atoms. The second-order valence-electron chi connectivity index (χ2n) is 5.08. The standard InChI is InChI=1S/C16H20N2O2S/c1-4-6-12(14-7-5-8-21-14)18-13-9-10(2)17-11(3)15(13)16(19)20/h5,7-9,12H,4,6H2,1-3H3,(H,17,18)(H,19,20). The molecule has 5 heteroatoms. The number of hydrogen-bond donors (Lipinski definition) is 2. The maximum atomic E-state index is 11.5. The molecule has 1 atom stereocenters. The van der Waals surface area contributed by atoms with Gasteiger partial charge < -0.3 is 10.4 Å². The fourth-order valence-electron chi connectivity index (χ4n) is 2.46. The van der Waals surface area contributed by atoms with Crippen molar-refractivity contribution in [3.05, 3.63) is 45.4 Å². The van der Waals surface area contributed by atoms with Gasteiger partial charge in [0.15, 0.2) is 0 Å². The van der Waals surface area contributed by atoms with Crippen molar-refractivity contribution < 1.29 is 9.90 Å². The highest BCUT2D eigenvalue weighted by molar-refractivity contribution is 7.10. The topological polar surface area (TPSA) is 62.2 Å². The van der Waals surface area contributed by atoms with Crippen LogP contribution in [0.15, 0.2) is 23.6 Å². The Kier molecular flexibility index (Phi) is 4.96. The van der Waals surface area contributed by atoms with Gasteiger partial charge in [0.2, 0.25) is 0 Å². The molecule has 0 aliphatic rings. The SMILES string of the molecule is CCCC(Nc1cc(C)nc(C)c1C(=O)O)c1cccs1. The summed E-state index contributed by atoms with van der Waals surface area (Å²) >= 11 is 1.69. The van der Waals surface area contributed by atoms with Gasteiger partial charge >= 0.3 is 5.97 Å². The van der Waals surface area contributed by atoms with Gasteiger partial charge in [0.25, 0.3) is 0 Å². The number of rotatable bonds is 6. The number of thiophene rings is 1. The molecule has 2 aromatic rings. The number of pyridine rings is 1. The first-order chi connectivity index (χ1) is 10.0. The lowest BCUT2D eigenvalue weighted by atomic mass is 10.1. The minimum Gasteiger partial charge on any atom is -0.478 e. The van der Waals surface area contributed by atoms with E-state index in [1.165, 1.54) is 4.88 Å². The molecule has 2 heterocycles. The Hall–Kier alpha value is -1.88. The van der Waals surface area contributed by atoms with Crippen molar-refractivity contribution in [1.29, 1.82) is 0 Å². The van der Waals surface area contributed by atoms with Crippen molar-refractivity contribution in [2.75, 3.05) is 5.32 Å². The Morgan fingerprint density at radius 3 is 2.81 bits per heavy atom. The fraction of sp³-hybridized carbons (Fsp3) is 0.375. The zero-order valence-corrected chi connectivity index (χ0v) is 13.3. The minimum absolute atomic E-state index is 0.134. The molecular weight excluding hydrogens is 284 g/mol. The summed E-state index contributed by atoms with van der Waals surface area (Å²) in [5.74, 6) is -0.941. The summed E-state index contributed by atoms with van der Waals surface area (Å²) in [5.41, 5.74) is 2.28. The molecular formula is C16H20N2O2S. The summed E-state index contributed by atoms with van der Waals surface area (Å²) in [6.45, 7) is 5.74. The highest BCUT2D eigenvalue weighted by Gasteiger charge is 2.19. The Bertz CT molecular complexity index is 623. The average molecular weight is 304 g/mol. The molecule has 0 bridgehead atoms. The van der Waals surface area contributed by atoms with Crippen molar-refractivity contribution in [2.24, 2.45) is 0 Å². The predicted octanol–water partition coefficient (Wildman–Crippen LogP) is 4.41. The van der Waals surface area contributed by atoms with E-state index in [1.54, 1.807) is 18.3 Å². The monoisotopic (exact) mass is 304 g/mol. The summed E-state index contributed by atoms with van der Waals surface area (Å²) in [6.07, 6.45) is 1.99. The maximum Gasteiger partial charge on any atom is 0.339 e. The largest absolute Gasteiger partial charge is 0.478 e. The second-order valence-corrected chi connectivity index (χ2v) is 6.06. The van der Waals surface area contributed by atoms with Crippen LogP contribution < -0.4 is 5.32 Å². The molecule has 2 aromatic heterocycles. The molecule has 0 aromatic carbocycles. The minimum atomic E-state index is -0.941. The summed E-state index contributed by atoms with van der Waals surface area (Å²) in [7, 11) is 0. The fourth-order valence-corrected chi connectivity index (χ4v) is 3.28. The van der Waals surface area contributed by atoms with Crippen LogP contribution >= 0.6 is 11.3 Å². The second kappa shape index (κ2) is 6.72. The van der Waals surface area contributed by atoms with E-state index in [1.807, 2.05) is 24.4 Å². The Morgan fingerprint density at radius 2 is 2.24 bits per heavy atom. The molecule has 112 valence electrons. The third-order valence-corrected chi connectivity index (χ3v) is 4.32. The van der Waals surface area contributed by atoms with E-state index in [4.69, 9.17) is 0 Å². The van der Waals surface area contributed by atoms with Crippen molar-refractivity contribution in [3.8, 4) is 0 Å². The van der Waals surface area contributed by atoms with E-state index in [0.717, 1.165) is 18.5 Å². The van der Waals surface area contributed by atoms with Crippen LogP contribution in [0, 0.1) is 13.8 Å². The van der Waals surface area contributed by atoms with E-state index < -0.39 is 5.97 Å². The van der Waals surface area contributed by atoms with Gasteiger partial charge in [0, 0.05) is 10.6 Å². The lowest BCUT2D eigenvalue weighted by Crippen LogP contribution is -2.14. The third kappa shape index (κ3) is 3.61. The molecule has 0 amide bonds. The molecule has 2 rings (SSSR count). The highest BCUT2D eigenvalue weighted by atomic mass is 32.1. The number of hydrogen-bond acceptors (Lipinski definition) is 4. The smallest absolute Gasteiger partial charge is 0.339 e. The molecule has 4 nitrogen and oxygen atoms in total. The van der Waals surface area contributed by atoms with Crippen molar-refractivity contribution in [3.63, 3.8) is 0 Å². The number of anilines is 1. The van der Waals surface area contributed by atoms with E-state index in [0.29, 0.717) is 11.4 Å². The summed E-state index contributed by atoms with van der Waals surface area (Å²) in [5, 5.41) is 14.9. The number of nitrogens with one attached hydrogen (secondary N) is 1. The van der Waals surface area contributed by atoms with Gasteiger partial charge in [0.05, 0.1) is 17.4 Å². The molecule has 0 spiro atoms. The Labute approximate surface area is 128 Å². The summed E-state index contributed by atoms with van der Waals surface area (Å²) in [4.78, 5) is 17.0. The number of nitrogens with zero attached hydrogens (tertiary/aromatic N) is 1. The Balaban J connectivity index is 2.38. The zero-order chi connectivity index (χ0) is 15.4. The average Bonchev–Trinajstić information content (AvgIpc) is 2.90. The van der Waals surface area contributed by atoms with Crippen LogP contribution in [0.2, 0.25) is 0 Å². The van der Waals surface area contributed by atoms with Crippen LogP contribution in [0.3, 0.4) is 0 Å². The molecule has 1 unspecified atom stereocenters. The van der Waals surface area contributed by atoms with Crippen LogP contribution in [-0.2, 0) is 0 Å². The van der Waals surface area contributed by atoms with Gasteiger partial charge in [-0.1, -0.05) is 19.4 Å². The van der Waals surface area contributed by atoms with Gasteiger partial charge in [0.1, 0.15) is 5.56 Å². The van der Waals surface area contributed by atoms with Crippen molar-refractivity contribution >= 4 is 23.0 Å². The first-order valence-electron chi connectivity index (χ1n) is 7.04. The van der Waals surface area contributed by atoms with Crippen LogP contribution in [0.25, 0.3) is 0 Å². The molecule has 0 aliphatic heterocycles. The molecule has 0 radical (unpaired) electrons. The number of carbonyl (C=O) groups is 1. The molecule has 0 aliphatic carbocycles. The maximum absolute atomic E-state index is 11.5. The Morgan fingerprint density at radius 1 is 1.48 bits per heavy atom. The van der Waals surface area contributed by atoms with Crippen LogP contribution in [0.5, 0.6) is 0 Å². The normalized spacial score (nSPS) is 12.1. The van der Waals surface area contributed by atoms with Crippen LogP contribution in [0.1, 0.15) is 52.4 Å². The number of carboxylic acid groups (broad SMARTS) is 1. The van der Waals surface area contributed by atoms with Crippen molar-refractivity contribution in [1.82, 2.24) is 4.98 Å². The zero-order valence-electron chi connectivity index (χ0n) is 12.5. The lowest BCUT2D eigenvalue weighted by Gasteiger charge is -2.20. The number of aromatic carboxylic acids is 1. The first kappa shape index (κ1) is 15.5. The van der Waals surface area contributed by atoms with Crippen LogP contribution in [-0.4, -0.2) is 16.1 Å². The van der Waals surface area contributed by atoms with E-state index in [9.17, 15) is 9.90 Å². The molecule has 0 fully saturated rings. The van der Waals surface area contributed by atoms with Gasteiger partial charge in [-0.05, 0) is 37.8 Å². The van der Waals surface area contributed by atoms with E-state index in [2.05, 4.69) is 23.3 Å².